The smallest absolute Gasteiger partial charge is 0.433 e. The molecule has 1 saturated heterocycles. The van der Waals surface area contributed by atoms with Gasteiger partial charge in [0.1, 0.15) is 17.2 Å². The molecule has 0 bridgehead atoms. The fourth-order valence-electron chi connectivity index (χ4n) is 3.06. The zero-order valence-electron chi connectivity index (χ0n) is 16.7. The first-order valence-corrected chi connectivity index (χ1v) is 9.34. The van der Waals surface area contributed by atoms with Gasteiger partial charge < -0.3 is 9.84 Å². The standard InChI is InChI=1S/C21H24F3N3O3/c1-4-9-25-19(16-7-10-27(11-8-16)13-14(2)20(28)29)15(3)30-17-5-6-18(26-12-17)21(22,23)24/h4-6,9,12,16H,2-3,7-8,10-11,13H2,1H3,(H,28,29)/b9-4-,25-19?. The van der Waals surface area contributed by atoms with Gasteiger partial charge in [0, 0.05) is 24.2 Å². The topological polar surface area (TPSA) is 75.0 Å². The summed E-state index contributed by atoms with van der Waals surface area (Å²) in [4.78, 5) is 20.8. The Hall–Kier alpha value is -2.94. The molecule has 30 heavy (non-hydrogen) atoms. The Morgan fingerprint density at radius 1 is 1.37 bits per heavy atom. The van der Waals surface area contributed by atoms with E-state index in [9.17, 15) is 18.0 Å². The summed E-state index contributed by atoms with van der Waals surface area (Å²) in [6.45, 7) is 10.9. The van der Waals surface area contributed by atoms with Crippen LogP contribution >= 0.6 is 0 Å². The second-order valence-electron chi connectivity index (χ2n) is 6.86. The van der Waals surface area contributed by atoms with E-state index in [1.165, 1.54) is 6.07 Å². The summed E-state index contributed by atoms with van der Waals surface area (Å²) in [7, 11) is 0. The second kappa shape index (κ2) is 10.2. The minimum absolute atomic E-state index is 0.0189. The van der Waals surface area contributed by atoms with Crippen LogP contribution in [0, 0.1) is 5.92 Å². The predicted molar refractivity (Wildman–Crippen MR) is 107 cm³/mol. The van der Waals surface area contributed by atoms with Gasteiger partial charge in [0.25, 0.3) is 0 Å². The molecule has 0 unspecified atom stereocenters. The van der Waals surface area contributed by atoms with Crippen LogP contribution < -0.4 is 4.74 Å². The summed E-state index contributed by atoms with van der Waals surface area (Å²) >= 11 is 0. The highest BCUT2D eigenvalue weighted by Gasteiger charge is 2.32. The van der Waals surface area contributed by atoms with Crippen molar-refractivity contribution in [2.24, 2.45) is 10.9 Å². The van der Waals surface area contributed by atoms with Gasteiger partial charge in [-0.1, -0.05) is 19.2 Å². The van der Waals surface area contributed by atoms with Gasteiger partial charge in [-0.2, -0.15) is 13.2 Å². The number of halogens is 3. The van der Waals surface area contributed by atoms with Crippen LogP contribution in [0.4, 0.5) is 13.2 Å². The van der Waals surface area contributed by atoms with Crippen LogP contribution in [0.15, 0.2) is 60.1 Å². The Labute approximate surface area is 173 Å². The summed E-state index contributed by atoms with van der Waals surface area (Å²) in [6.07, 6.45) is 1.25. The van der Waals surface area contributed by atoms with Gasteiger partial charge >= 0.3 is 12.1 Å². The number of pyridine rings is 1. The van der Waals surface area contributed by atoms with Crippen molar-refractivity contribution in [1.82, 2.24) is 9.88 Å². The molecule has 1 aromatic heterocycles. The number of hydrogen-bond acceptors (Lipinski definition) is 5. The third kappa shape index (κ3) is 6.55. The van der Waals surface area contributed by atoms with E-state index in [1.54, 1.807) is 12.3 Å². The number of aromatic nitrogens is 1. The summed E-state index contributed by atoms with van der Waals surface area (Å²) in [5, 5.41) is 8.98. The molecule has 0 aromatic carbocycles. The van der Waals surface area contributed by atoms with Crippen LogP contribution in [0.5, 0.6) is 5.75 Å². The largest absolute Gasteiger partial charge is 0.478 e. The molecule has 9 heteroatoms. The molecule has 1 aliphatic heterocycles. The minimum atomic E-state index is -4.52. The highest BCUT2D eigenvalue weighted by atomic mass is 19.4. The molecule has 1 fully saturated rings. The number of carboxylic acids is 1. The first kappa shape index (κ1) is 23.3. The first-order valence-electron chi connectivity index (χ1n) is 9.34. The maximum absolute atomic E-state index is 12.7. The van der Waals surface area contributed by atoms with Crippen molar-refractivity contribution in [3.05, 3.63) is 60.8 Å². The molecule has 1 N–H and O–H groups in total. The maximum atomic E-state index is 12.7. The highest BCUT2D eigenvalue weighted by Crippen LogP contribution is 2.29. The molecule has 0 aliphatic carbocycles. The van der Waals surface area contributed by atoms with Crippen molar-refractivity contribution in [3.63, 3.8) is 0 Å². The van der Waals surface area contributed by atoms with E-state index < -0.39 is 17.8 Å². The van der Waals surface area contributed by atoms with Crippen molar-refractivity contribution >= 4 is 11.7 Å². The van der Waals surface area contributed by atoms with Gasteiger partial charge in [-0.25, -0.2) is 9.78 Å². The lowest BCUT2D eigenvalue weighted by Gasteiger charge is -2.32. The molecule has 2 rings (SSSR count). The number of alkyl halides is 3. The SMILES string of the molecule is C=C(CN1CCC(C(=N/C=C\C)C(=C)Oc2ccc(C(F)(F)F)nc2)CC1)C(=O)O. The normalized spacial score (nSPS) is 16.6. The van der Waals surface area contributed by atoms with Crippen LogP contribution in [-0.4, -0.2) is 46.3 Å². The van der Waals surface area contributed by atoms with Crippen LogP contribution in [0.2, 0.25) is 0 Å². The van der Waals surface area contributed by atoms with E-state index >= 15 is 0 Å². The second-order valence-corrected chi connectivity index (χ2v) is 6.86. The van der Waals surface area contributed by atoms with Crippen molar-refractivity contribution in [2.75, 3.05) is 19.6 Å². The average Bonchev–Trinajstić information content (AvgIpc) is 2.69. The number of allylic oxidation sites excluding steroid dienone is 2. The molecule has 0 amide bonds. The third-order valence-electron chi connectivity index (χ3n) is 4.61. The number of piperidine rings is 1. The van der Waals surface area contributed by atoms with E-state index in [2.05, 4.69) is 23.1 Å². The average molecular weight is 423 g/mol. The summed E-state index contributed by atoms with van der Waals surface area (Å²) in [5.74, 6) is -0.621. The third-order valence-corrected chi connectivity index (χ3v) is 4.61. The fourth-order valence-corrected chi connectivity index (χ4v) is 3.06. The number of carbonyl (C=O) groups is 1. The number of likely N-dealkylation sites (tertiary alicyclic amines) is 1. The van der Waals surface area contributed by atoms with Crippen LogP contribution in [0.25, 0.3) is 0 Å². The van der Waals surface area contributed by atoms with Crippen LogP contribution in [-0.2, 0) is 11.0 Å². The van der Waals surface area contributed by atoms with Gasteiger partial charge in [-0.15, -0.1) is 0 Å². The van der Waals surface area contributed by atoms with Crippen molar-refractivity contribution in [1.29, 1.82) is 0 Å². The van der Waals surface area contributed by atoms with Gasteiger partial charge in [0.2, 0.25) is 0 Å². The van der Waals surface area contributed by atoms with Crippen molar-refractivity contribution in [2.45, 2.75) is 25.9 Å². The maximum Gasteiger partial charge on any atom is 0.433 e. The van der Waals surface area contributed by atoms with Crippen LogP contribution in [0.3, 0.4) is 0 Å². The lowest BCUT2D eigenvalue weighted by Crippen LogP contribution is -2.38. The van der Waals surface area contributed by atoms with Gasteiger partial charge in [-0.05, 0) is 45.0 Å². The predicted octanol–water partition coefficient (Wildman–Crippen LogP) is 4.32. The Kier molecular flexibility index (Phi) is 7.93. The molecular formula is C21H24F3N3O3. The summed E-state index contributed by atoms with van der Waals surface area (Å²) in [5.41, 5.74) is -0.262. The van der Waals surface area contributed by atoms with E-state index in [0.717, 1.165) is 12.3 Å². The van der Waals surface area contributed by atoms with Crippen LogP contribution in [0.1, 0.15) is 25.5 Å². The molecular weight excluding hydrogens is 399 g/mol. The number of rotatable bonds is 8. The lowest BCUT2D eigenvalue weighted by molar-refractivity contribution is -0.141. The van der Waals surface area contributed by atoms with Gasteiger partial charge in [-0.3, -0.25) is 9.89 Å². The minimum Gasteiger partial charge on any atom is -0.478 e. The number of ether oxygens (including phenoxy) is 1. The van der Waals surface area contributed by atoms with Crippen molar-refractivity contribution in [3.8, 4) is 5.75 Å². The number of nitrogens with zero attached hydrogens (tertiary/aromatic N) is 3. The number of hydrogen-bond donors (Lipinski definition) is 1. The molecule has 0 spiro atoms. The first-order chi connectivity index (χ1) is 14.1. The zero-order valence-corrected chi connectivity index (χ0v) is 16.7. The van der Waals surface area contributed by atoms with Gasteiger partial charge in [0.05, 0.1) is 11.9 Å². The zero-order chi connectivity index (χ0) is 22.3. The van der Waals surface area contributed by atoms with E-state index in [-0.39, 0.29) is 29.5 Å². The Morgan fingerprint density at radius 2 is 2.03 bits per heavy atom. The number of aliphatic carboxylic acids is 1. The number of carboxylic acid groups (broad SMARTS) is 1. The Balaban J connectivity index is 2.05. The van der Waals surface area contributed by atoms with Crippen molar-refractivity contribution < 1.29 is 27.8 Å². The molecule has 0 radical (unpaired) electrons. The summed E-state index contributed by atoms with van der Waals surface area (Å²) < 4.78 is 43.6. The molecule has 0 saturated carbocycles. The molecule has 1 aromatic rings. The van der Waals surface area contributed by atoms with E-state index in [4.69, 9.17) is 9.84 Å². The quantitative estimate of drug-likeness (QED) is 0.383. The molecule has 0 atom stereocenters. The van der Waals surface area contributed by atoms with Gasteiger partial charge in [0.15, 0.2) is 0 Å². The number of aliphatic imine (C=N–C) groups is 1. The van der Waals surface area contributed by atoms with E-state index in [0.29, 0.717) is 31.6 Å². The Morgan fingerprint density at radius 3 is 2.53 bits per heavy atom. The fraction of sp³-hybridized carbons (Fsp3) is 0.381. The molecule has 2 heterocycles. The summed E-state index contributed by atoms with van der Waals surface area (Å²) in [6, 6.07) is 2.04. The molecule has 1 aliphatic rings. The lowest BCUT2D eigenvalue weighted by atomic mass is 9.90. The van der Waals surface area contributed by atoms with E-state index in [1.807, 2.05) is 11.8 Å². The highest BCUT2D eigenvalue weighted by molar-refractivity contribution is 6.00. The molecule has 6 nitrogen and oxygen atoms in total. The molecule has 162 valence electrons. The monoisotopic (exact) mass is 423 g/mol. The Bertz CT molecular complexity index is 837.